The molecule has 1 aromatic rings. The van der Waals surface area contributed by atoms with Gasteiger partial charge in [-0.15, -0.1) is 0 Å². The normalized spacial score (nSPS) is 49.4. The van der Waals surface area contributed by atoms with Crippen LogP contribution in [0.25, 0.3) is 0 Å². The molecule has 1 heteroatoms. The number of hydrogen-bond acceptors (Lipinski definition) is 1. The quantitative estimate of drug-likeness (QED) is 0.685. The molecule has 0 amide bonds. The Labute approximate surface area is 83.4 Å². The molecule has 5 rings (SSSR count). The maximum absolute atomic E-state index is 8.03. The van der Waals surface area contributed by atoms with E-state index in [1.807, 2.05) is 17.8 Å². The van der Waals surface area contributed by atoms with Gasteiger partial charge in [-0.1, -0.05) is 36.0 Å². The predicted molar refractivity (Wildman–Crippen MR) is 54.3 cm³/mol. The van der Waals surface area contributed by atoms with Crippen LogP contribution in [0.3, 0.4) is 0 Å². The zero-order chi connectivity index (χ0) is 9.34. The zero-order valence-electron chi connectivity index (χ0n) is 8.10. The van der Waals surface area contributed by atoms with Crippen molar-refractivity contribution in [1.82, 2.24) is 0 Å². The van der Waals surface area contributed by atoms with Crippen LogP contribution in [0.1, 0.15) is 1.37 Å². The first kappa shape index (κ1) is 5.92. The summed E-state index contributed by atoms with van der Waals surface area (Å²) < 4.78 is 8.03. The maximum Gasteiger partial charge on any atom is 0.0319 e. The molecule has 0 nitrogen and oxygen atoms in total. The van der Waals surface area contributed by atoms with Gasteiger partial charge < -0.3 is 0 Å². The van der Waals surface area contributed by atoms with Crippen LogP contribution < -0.4 is 0 Å². The van der Waals surface area contributed by atoms with Gasteiger partial charge in [-0.25, -0.2) is 0 Å². The second-order valence-corrected chi connectivity index (χ2v) is 5.16. The van der Waals surface area contributed by atoms with E-state index in [-0.39, 0.29) is 5.89 Å². The zero-order valence-corrected chi connectivity index (χ0v) is 7.92. The van der Waals surface area contributed by atoms with Gasteiger partial charge in [-0.05, 0) is 40.7 Å². The molecule has 0 radical (unpaired) electrons. The Morgan fingerprint density at radius 1 is 1.23 bits per heavy atom. The SMILES string of the molecule is [2H][C@]12[C@@H]3[C@H]1C(Sc1ccccc1)=C[C@@H]32. The number of thioether (sulfide) groups is 1. The van der Waals surface area contributed by atoms with Crippen molar-refractivity contribution in [3.63, 3.8) is 0 Å². The Balaban J connectivity index is 1.58. The molecule has 0 saturated heterocycles. The lowest BCUT2D eigenvalue weighted by atomic mass is 10.2. The topological polar surface area (TPSA) is 0 Å². The summed E-state index contributed by atoms with van der Waals surface area (Å²) >= 11 is 1.86. The van der Waals surface area contributed by atoms with Crippen LogP contribution in [0.5, 0.6) is 0 Å². The van der Waals surface area contributed by atoms with Gasteiger partial charge in [0.25, 0.3) is 0 Å². The third-order valence-electron chi connectivity index (χ3n) is 3.29. The minimum atomic E-state index is -0.0168. The van der Waals surface area contributed by atoms with Gasteiger partial charge in [0.2, 0.25) is 0 Å². The molecule has 0 aliphatic heterocycles. The summed E-state index contributed by atoms with van der Waals surface area (Å²) in [4.78, 5) is 2.77. The third kappa shape index (κ3) is 0.786. The van der Waals surface area contributed by atoms with Crippen LogP contribution >= 0.6 is 11.8 Å². The van der Waals surface area contributed by atoms with E-state index < -0.39 is 0 Å². The van der Waals surface area contributed by atoms with Gasteiger partial charge in [-0.2, -0.15) is 0 Å². The summed E-state index contributed by atoms with van der Waals surface area (Å²) in [6, 6.07) is 10.5. The van der Waals surface area contributed by atoms with Crippen LogP contribution in [-0.4, -0.2) is 0 Å². The van der Waals surface area contributed by atoms with Crippen molar-refractivity contribution in [2.45, 2.75) is 4.90 Å². The molecular weight excluding hydrogens is 176 g/mol. The first-order chi connectivity index (χ1) is 6.82. The lowest BCUT2D eigenvalue weighted by Gasteiger charge is -2.02. The van der Waals surface area contributed by atoms with E-state index in [2.05, 4.69) is 30.3 Å². The second kappa shape index (κ2) is 2.03. The highest BCUT2D eigenvalue weighted by molar-refractivity contribution is 8.03. The molecule has 2 bridgehead atoms. The van der Waals surface area contributed by atoms with Crippen LogP contribution in [0, 0.1) is 23.6 Å². The molecule has 64 valence electrons. The van der Waals surface area contributed by atoms with E-state index in [4.69, 9.17) is 1.37 Å². The van der Waals surface area contributed by atoms with Gasteiger partial charge in [0.05, 0.1) is 0 Å². The fourth-order valence-corrected chi connectivity index (χ4v) is 3.66. The van der Waals surface area contributed by atoms with Crippen molar-refractivity contribution in [3.05, 3.63) is 41.3 Å². The van der Waals surface area contributed by atoms with Gasteiger partial charge in [0.1, 0.15) is 0 Å². The fraction of sp³-hybridized carbons (Fsp3) is 0.333. The minimum Gasteiger partial charge on any atom is -0.0946 e. The fourth-order valence-electron chi connectivity index (χ4n) is 2.47. The second-order valence-electron chi connectivity index (χ2n) is 4.01. The van der Waals surface area contributed by atoms with E-state index in [0.717, 1.165) is 0 Å². The van der Waals surface area contributed by atoms with E-state index in [0.29, 0.717) is 17.8 Å². The predicted octanol–water partition coefficient (Wildman–Crippen LogP) is 3.17. The lowest BCUT2D eigenvalue weighted by molar-refractivity contribution is 0.687. The molecule has 4 atom stereocenters. The van der Waals surface area contributed by atoms with E-state index in [9.17, 15) is 0 Å². The number of allylic oxidation sites excluding steroid dienone is 2. The van der Waals surface area contributed by atoms with Crippen molar-refractivity contribution >= 4 is 11.8 Å². The Hall–Kier alpha value is -0.690. The molecule has 4 aliphatic rings. The highest BCUT2D eigenvalue weighted by Crippen LogP contribution is 2.82. The highest BCUT2D eigenvalue weighted by Gasteiger charge is 2.77. The molecule has 1 aromatic carbocycles. The summed E-state index contributed by atoms with van der Waals surface area (Å²) in [7, 11) is 0. The van der Waals surface area contributed by atoms with Crippen molar-refractivity contribution in [2.24, 2.45) is 23.6 Å². The Bertz CT molecular complexity index is 439. The Morgan fingerprint density at radius 2 is 2.00 bits per heavy atom. The summed E-state index contributed by atoms with van der Waals surface area (Å²) in [5.41, 5.74) is 0. The largest absolute Gasteiger partial charge is 0.0946 e. The van der Waals surface area contributed by atoms with Crippen LogP contribution in [0.2, 0.25) is 0 Å². The van der Waals surface area contributed by atoms with Gasteiger partial charge in [-0.3, -0.25) is 0 Å². The smallest absolute Gasteiger partial charge is 0.0319 e. The summed E-state index contributed by atoms with van der Waals surface area (Å²) in [5.74, 6) is 1.93. The van der Waals surface area contributed by atoms with E-state index >= 15 is 0 Å². The van der Waals surface area contributed by atoms with E-state index in [1.165, 1.54) is 9.80 Å². The molecule has 0 heterocycles. The van der Waals surface area contributed by atoms with Crippen molar-refractivity contribution < 1.29 is 1.37 Å². The maximum atomic E-state index is 8.03. The molecule has 0 unspecified atom stereocenters. The molecule has 0 spiro atoms. The number of hydrogen-bond donors (Lipinski definition) is 0. The van der Waals surface area contributed by atoms with Gasteiger partial charge in [0.15, 0.2) is 0 Å². The molecule has 2 saturated carbocycles. The van der Waals surface area contributed by atoms with Gasteiger partial charge in [0, 0.05) is 6.27 Å². The molecule has 2 fully saturated rings. The minimum absolute atomic E-state index is 0.0168. The Morgan fingerprint density at radius 3 is 2.62 bits per heavy atom. The molecule has 4 aliphatic carbocycles. The first-order valence-electron chi connectivity index (χ1n) is 5.26. The molecule has 13 heavy (non-hydrogen) atoms. The average molecular weight is 187 g/mol. The lowest BCUT2D eigenvalue weighted by Crippen LogP contribution is -1.85. The monoisotopic (exact) mass is 187 g/mol. The standard InChI is InChI=1S/C12H10S/c1-2-4-7(5-3-1)13-9-6-8-10-11(8)12(9)10/h1-6,8,10-12H/t8-,10+,11-,12+/i10D/m1/s1. The average Bonchev–Trinajstić information content (AvgIpc) is 2.86. The highest BCUT2D eigenvalue weighted by atomic mass is 32.2. The van der Waals surface area contributed by atoms with Crippen molar-refractivity contribution in [1.29, 1.82) is 0 Å². The number of rotatable bonds is 2. The molecule has 0 N–H and O–H groups in total. The first-order valence-corrected chi connectivity index (χ1v) is 5.58. The molecular formula is C12H10S. The van der Waals surface area contributed by atoms with Crippen LogP contribution in [0.15, 0.2) is 46.2 Å². The van der Waals surface area contributed by atoms with Crippen LogP contribution in [-0.2, 0) is 0 Å². The van der Waals surface area contributed by atoms with Gasteiger partial charge >= 0.3 is 0 Å². The van der Waals surface area contributed by atoms with Crippen molar-refractivity contribution in [2.75, 3.05) is 0 Å². The summed E-state index contributed by atoms with van der Waals surface area (Å²) in [6.07, 6.45) is 2.33. The molecule has 0 aromatic heterocycles. The van der Waals surface area contributed by atoms with Crippen molar-refractivity contribution in [3.8, 4) is 0 Å². The van der Waals surface area contributed by atoms with Crippen LogP contribution in [0.4, 0.5) is 0 Å². The Kier molecular flexibility index (Phi) is 0.926. The summed E-state index contributed by atoms with van der Waals surface area (Å²) in [6.45, 7) is 0. The summed E-state index contributed by atoms with van der Waals surface area (Å²) in [5, 5.41) is 0. The third-order valence-corrected chi connectivity index (χ3v) is 4.42. The number of benzene rings is 1. The van der Waals surface area contributed by atoms with E-state index in [1.54, 1.807) is 0 Å².